The van der Waals surface area contributed by atoms with Crippen LogP contribution in [0.4, 0.5) is 0 Å². The van der Waals surface area contributed by atoms with Crippen molar-refractivity contribution in [3.05, 3.63) is 59.2 Å². The highest BCUT2D eigenvalue weighted by Crippen LogP contribution is 2.44. The van der Waals surface area contributed by atoms with Gasteiger partial charge in [-0.1, -0.05) is 37.3 Å². The summed E-state index contributed by atoms with van der Waals surface area (Å²) in [6, 6.07) is 12.8. The van der Waals surface area contributed by atoms with E-state index in [0.717, 1.165) is 16.7 Å². The van der Waals surface area contributed by atoms with Crippen molar-refractivity contribution in [2.24, 2.45) is 11.8 Å². The monoisotopic (exact) mass is 445 g/mol. The predicted molar refractivity (Wildman–Crippen MR) is 122 cm³/mol. The lowest BCUT2D eigenvalue weighted by atomic mass is 9.78. The van der Waals surface area contributed by atoms with E-state index >= 15 is 0 Å². The molecule has 0 spiro atoms. The zero-order valence-corrected chi connectivity index (χ0v) is 18.1. The summed E-state index contributed by atoms with van der Waals surface area (Å²) in [4.78, 5) is 13.9. The molecule has 1 N–H and O–H groups in total. The van der Waals surface area contributed by atoms with Crippen molar-refractivity contribution >= 4 is 5.97 Å². The van der Waals surface area contributed by atoms with Crippen molar-refractivity contribution in [3.63, 3.8) is 0 Å². The molecule has 2 aliphatic heterocycles. The molecular formula is C26H33NO5. The predicted octanol–water partition coefficient (Wildman–Crippen LogP) is 4.32. The van der Waals surface area contributed by atoms with Gasteiger partial charge in [0.15, 0.2) is 11.5 Å². The van der Waals surface area contributed by atoms with Gasteiger partial charge >= 0.3 is 5.97 Å². The summed E-state index contributed by atoms with van der Waals surface area (Å²) in [5.41, 5.74) is 2.72. The average Bonchev–Trinajstić information content (AvgIpc) is 2.82. The van der Waals surface area contributed by atoms with Gasteiger partial charge in [-0.05, 0) is 54.0 Å². The van der Waals surface area contributed by atoms with Gasteiger partial charge in [-0.2, -0.15) is 0 Å². The fraction of sp³-hybridized carbons (Fsp3) is 0.500. The maximum atomic E-state index is 11.6. The highest BCUT2D eigenvalue weighted by Gasteiger charge is 2.40. The van der Waals surface area contributed by atoms with Gasteiger partial charge in [-0.15, -0.1) is 0 Å². The van der Waals surface area contributed by atoms with Crippen LogP contribution in [-0.4, -0.2) is 49.2 Å². The van der Waals surface area contributed by atoms with E-state index in [9.17, 15) is 9.90 Å². The van der Waals surface area contributed by atoms with Crippen LogP contribution in [0.15, 0.2) is 42.5 Å². The average molecular weight is 446 g/mol. The van der Waals surface area contributed by atoms with Gasteiger partial charge in [0.1, 0.15) is 0 Å². The molecule has 2 aromatic carbocycles. The van der Waals surface area contributed by atoms with Gasteiger partial charge in [0.2, 0.25) is 0 Å². The SMILES string of the molecule is [2H]C([2H])([2H])Oc1cc2c(cc1OC([2H])([2H])[2H])[C@@H]1C[C@@H](OCc3ccccc3)[C@@H](CC(C)C(=O)O)CN1CC2. The third-order valence-electron chi connectivity index (χ3n) is 6.73. The summed E-state index contributed by atoms with van der Waals surface area (Å²) in [7, 11) is -5.56. The van der Waals surface area contributed by atoms with Crippen LogP contribution >= 0.6 is 0 Å². The lowest BCUT2D eigenvalue weighted by Crippen LogP contribution is -2.49. The van der Waals surface area contributed by atoms with Crippen LogP contribution < -0.4 is 9.47 Å². The Balaban J connectivity index is 1.64. The van der Waals surface area contributed by atoms with Gasteiger partial charge in [-0.25, -0.2) is 0 Å². The van der Waals surface area contributed by atoms with Crippen LogP contribution in [0, 0.1) is 11.8 Å². The first-order valence-corrected chi connectivity index (χ1v) is 11.0. The summed E-state index contributed by atoms with van der Waals surface area (Å²) in [6.07, 6.45) is 1.43. The lowest BCUT2D eigenvalue weighted by molar-refractivity contribution is -0.143. The standard InChI is InChI=1S/C26H33NO5/c1-17(26(28)29)11-20-15-27-10-9-19-12-24(30-2)25(31-3)13-21(19)22(27)14-23(20)32-16-18-7-5-4-6-8-18/h4-8,12-13,17,20,22-23H,9-11,14-16H2,1-3H3,(H,28,29)/t17?,20-,22-,23+/m0/s1/i2D3,3D3. The number of carbonyl (C=O) groups is 1. The molecule has 1 unspecified atom stereocenters. The number of carboxylic acids is 1. The Morgan fingerprint density at radius 3 is 2.69 bits per heavy atom. The Morgan fingerprint density at radius 1 is 1.22 bits per heavy atom. The van der Waals surface area contributed by atoms with E-state index in [-0.39, 0.29) is 29.6 Å². The number of hydrogen-bond donors (Lipinski definition) is 1. The second-order valence-corrected chi connectivity index (χ2v) is 8.77. The molecule has 32 heavy (non-hydrogen) atoms. The number of aliphatic carboxylic acids is 1. The van der Waals surface area contributed by atoms with E-state index in [2.05, 4.69) is 4.90 Å². The van der Waals surface area contributed by atoms with Crippen LogP contribution in [-0.2, 0) is 22.6 Å². The van der Waals surface area contributed by atoms with Crippen molar-refractivity contribution in [2.75, 3.05) is 27.2 Å². The van der Waals surface area contributed by atoms with Crippen molar-refractivity contribution < 1.29 is 32.3 Å². The Morgan fingerprint density at radius 2 is 1.97 bits per heavy atom. The summed E-state index contributed by atoms with van der Waals surface area (Å²) in [6.45, 7) is 3.42. The second kappa shape index (κ2) is 9.92. The Hall–Kier alpha value is -2.57. The number of ether oxygens (including phenoxy) is 3. The lowest BCUT2D eigenvalue weighted by Gasteiger charge is -2.47. The number of carboxylic acid groups (broad SMARTS) is 1. The molecule has 4 rings (SSSR count). The van der Waals surface area contributed by atoms with Gasteiger partial charge in [0, 0.05) is 19.1 Å². The van der Waals surface area contributed by atoms with E-state index in [0.29, 0.717) is 39.0 Å². The maximum absolute atomic E-state index is 11.6. The van der Waals surface area contributed by atoms with Crippen LogP contribution in [0.5, 0.6) is 11.5 Å². The van der Waals surface area contributed by atoms with E-state index < -0.39 is 26.0 Å². The highest BCUT2D eigenvalue weighted by atomic mass is 16.5. The fourth-order valence-electron chi connectivity index (χ4n) is 5.01. The van der Waals surface area contributed by atoms with E-state index in [1.807, 2.05) is 30.3 Å². The first-order chi connectivity index (χ1) is 17.8. The second-order valence-electron chi connectivity index (χ2n) is 8.77. The van der Waals surface area contributed by atoms with E-state index in [1.54, 1.807) is 19.1 Å². The molecule has 2 aliphatic rings. The first kappa shape index (κ1) is 16.1. The van der Waals surface area contributed by atoms with Gasteiger partial charge in [0.25, 0.3) is 0 Å². The van der Waals surface area contributed by atoms with E-state index in [1.165, 1.54) is 0 Å². The van der Waals surface area contributed by atoms with Crippen LogP contribution in [0.2, 0.25) is 0 Å². The number of rotatable bonds is 8. The molecule has 0 amide bonds. The molecule has 1 saturated heterocycles. The highest BCUT2D eigenvalue weighted by molar-refractivity contribution is 5.69. The summed E-state index contributed by atoms with van der Waals surface area (Å²) in [5.74, 6) is -1.64. The minimum atomic E-state index is -2.79. The van der Waals surface area contributed by atoms with Crippen LogP contribution in [0.1, 0.15) is 50.7 Å². The maximum Gasteiger partial charge on any atom is 0.306 e. The molecule has 1 fully saturated rings. The van der Waals surface area contributed by atoms with Crippen LogP contribution in [0.3, 0.4) is 0 Å². The molecular weight excluding hydrogens is 406 g/mol. The van der Waals surface area contributed by atoms with Crippen molar-refractivity contribution in [3.8, 4) is 11.5 Å². The minimum absolute atomic E-state index is 0.00104. The quantitative estimate of drug-likeness (QED) is 0.653. The smallest absolute Gasteiger partial charge is 0.306 e. The van der Waals surface area contributed by atoms with E-state index in [4.69, 9.17) is 22.4 Å². The molecule has 6 nitrogen and oxygen atoms in total. The Bertz CT molecular complexity index is 1120. The number of hydrogen-bond acceptors (Lipinski definition) is 5. The Kier molecular flexibility index (Phi) is 4.99. The molecule has 2 aromatic rings. The molecule has 172 valence electrons. The normalized spacial score (nSPS) is 27.2. The number of fused-ring (bicyclic) bond motifs is 3. The minimum Gasteiger partial charge on any atom is -0.493 e. The molecule has 0 saturated carbocycles. The molecule has 0 bridgehead atoms. The van der Waals surface area contributed by atoms with Crippen molar-refractivity contribution in [2.45, 2.75) is 44.9 Å². The summed E-state index contributed by atoms with van der Waals surface area (Å²) in [5, 5.41) is 9.53. The number of benzene rings is 2. The number of nitrogens with zero attached hydrogens (tertiary/aromatic N) is 1. The fourth-order valence-corrected chi connectivity index (χ4v) is 5.01. The third-order valence-corrected chi connectivity index (χ3v) is 6.73. The third kappa shape index (κ3) is 4.76. The molecule has 0 radical (unpaired) electrons. The zero-order chi connectivity index (χ0) is 27.7. The summed E-state index contributed by atoms with van der Waals surface area (Å²) < 4.78 is 61.8. The first-order valence-electron chi connectivity index (χ1n) is 14.0. The molecule has 6 heteroatoms. The van der Waals surface area contributed by atoms with Gasteiger partial charge in [0.05, 0.1) is 40.9 Å². The topological polar surface area (TPSA) is 68.2 Å². The Labute approximate surface area is 198 Å². The van der Waals surface area contributed by atoms with Gasteiger partial charge in [-0.3, -0.25) is 9.69 Å². The molecule has 2 heterocycles. The molecule has 0 aliphatic carbocycles. The van der Waals surface area contributed by atoms with Crippen LogP contribution in [0.25, 0.3) is 0 Å². The van der Waals surface area contributed by atoms with Crippen molar-refractivity contribution in [1.82, 2.24) is 4.90 Å². The molecule has 0 aromatic heterocycles. The summed E-state index contributed by atoms with van der Waals surface area (Å²) >= 11 is 0. The van der Waals surface area contributed by atoms with Crippen molar-refractivity contribution in [1.29, 1.82) is 0 Å². The molecule has 4 atom stereocenters. The zero-order valence-electron chi connectivity index (χ0n) is 24.1. The van der Waals surface area contributed by atoms with Gasteiger partial charge < -0.3 is 19.3 Å². The largest absolute Gasteiger partial charge is 0.493 e. The number of piperidine rings is 1. The number of methoxy groups -OCH3 is 2.